The van der Waals surface area contributed by atoms with Crippen LogP contribution in [-0.4, -0.2) is 38.5 Å². The van der Waals surface area contributed by atoms with Crippen molar-refractivity contribution in [3.63, 3.8) is 0 Å². The Bertz CT molecular complexity index is 968. The number of hydrogen-bond donors (Lipinski definition) is 0. The molecule has 0 N–H and O–H groups in total. The van der Waals surface area contributed by atoms with Gasteiger partial charge in [-0.15, -0.1) is 0 Å². The lowest BCUT2D eigenvalue weighted by Gasteiger charge is -2.16. The number of rotatable bonds is 14. The highest BCUT2D eigenvalue weighted by atomic mass is 16.6. The van der Waals surface area contributed by atoms with Crippen LogP contribution in [0.3, 0.4) is 0 Å². The summed E-state index contributed by atoms with van der Waals surface area (Å²) in [4.78, 5) is 12.0. The quantitative estimate of drug-likeness (QED) is 0.229. The first-order valence-electron chi connectivity index (χ1n) is 11.9. The summed E-state index contributed by atoms with van der Waals surface area (Å²) in [5, 5.41) is 0. The Morgan fingerprint density at radius 2 is 1.26 bits per heavy atom. The summed E-state index contributed by atoms with van der Waals surface area (Å²) in [5.41, 5.74) is 3.56. The molecule has 5 heteroatoms. The normalized spacial score (nSPS) is 11.6. The zero-order chi connectivity index (χ0) is 24.0. The van der Waals surface area contributed by atoms with Gasteiger partial charge in [-0.05, 0) is 61.2 Å². The minimum absolute atomic E-state index is 0.324. The second kappa shape index (κ2) is 14.1. The topological polar surface area (TPSA) is 54.0 Å². The molecule has 0 spiro atoms. The highest BCUT2D eigenvalue weighted by Crippen LogP contribution is 2.17. The van der Waals surface area contributed by atoms with Crippen molar-refractivity contribution in [2.45, 2.75) is 39.2 Å². The zero-order valence-electron chi connectivity index (χ0n) is 20.1. The summed E-state index contributed by atoms with van der Waals surface area (Å²) in [6.07, 6.45) is 1.60. The van der Waals surface area contributed by atoms with Gasteiger partial charge in [0.25, 0.3) is 0 Å². The van der Waals surface area contributed by atoms with Crippen molar-refractivity contribution >= 4 is 5.97 Å². The molecular weight excluding hydrogens is 428 g/mol. The van der Waals surface area contributed by atoms with Gasteiger partial charge in [-0.3, -0.25) is 0 Å². The third-order valence-electron chi connectivity index (χ3n) is 5.26. The molecule has 180 valence electrons. The maximum Gasteiger partial charge on any atom is 0.335 e. The SMILES string of the molecule is CCOC(=O)C(Cc1ccc(OCCCOc2ccc(Cc3ccccc3)cc2)cc1)OCC. The summed E-state index contributed by atoms with van der Waals surface area (Å²) in [5.74, 6) is 1.33. The Morgan fingerprint density at radius 3 is 1.82 bits per heavy atom. The summed E-state index contributed by atoms with van der Waals surface area (Å²) in [6, 6.07) is 26.4. The largest absolute Gasteiger partial charge is 0.493 e. The molecule has 0 heterocycles. The molecule has 5 nitrogen and oxygen atoms in total. The summed E-state index contributed by atoms with van der Waals surface area (Å²) < 4.78 is 22.3. The van der Waals surface area contributed by atoms with Crippen LogP contribution >= 0.6 is 0 Å². The number of carbonyl (C=O) groups excluding carboxylic acids is 1. The molecule has 0 radical (unpaired) electrons. The molecule has 0 saturated carbocycles. The lowest BCUT2D eigenvalue weighted by molar-refractivity contribution is -0.156. The first kappa shape index (κ1) is 25.3. The van der Waals surface area contributed by atoms with Crippen LogP contribution < -0.4 is 9.47 Å². The molecule has 0 bridgehead atoms. The van der Waals surface area contributed by atoms with Crippen molar-refractivity contribution in [2.75, 3.05) is 26.4 Å². The van der Waals surface area contributed by atoms with Gasteiger partial charge in [-0.25, -0.2) is 4.79 Å². The first-order chi connectivity index (χ1) is 16.7. The molecule has 34 heavy (non-hydrogen) atoms. The Hall–Kier alpha value is -3.31. The summed E-state index contributed by atoms with van der Waals surface area (Å²) in [6.45, 7) is 5.62. The smallest absolute Gasteiger partial charge is 0.335 e. The van der Waals surface area contributed by atoms with Crippen molar-refractivity contribution in [2.24, 2.45) is 0 Å². The van der Waals surface area contributed by atoms with Crippen molar-refractivity contribution in [1.29, 1.82) is 0 Å². The van der Waals surface area contributed by atoms with E-state index in [0.29, 0.717) is 32.8 Å². The minimum Gasteiger partial charge on any atom is -0.493 e. The third kappa shape index (κ3) is 8.56. The fourth-order valence-corrected chi connectivity index (χ4v) is 3.56. The van der Waals surface area contributed by atoms with Gasteiger partial charge in [-0.1, -0.05) is 54.6 Å². The fourth-order valence-electron chi connectivity index (χ4n) is 3.56. The van der Waals surface area contributed by atoms with E-state index in [-0.39, 0.29) is 5.97 Å². The van der Waals surface area contributed by atoms with Gasteiger partial charge in [0, 0.05) is 19.4 Å². The van der Waals surface area contributed by atoms with E-state index < -0.39 is 6.10 Å². The molecule has 0 aliphatic heterocycles. The lowest BCUT2D eigenvalue weighted by Crippen LogP contribution is -2.28. The van der Waals surface area contributed by atoms with Crippen LogP contribution in [-0.2, 0) is 27.1 Å². The standard InChI is InChI=1S/C29H34O5/c1-3-31-28(29(30)32-4-2)22-25-13-17-27(18-14-25)34-20-8-19-33-26-15-11-24(12-16-26)21-23-9-6-5-7-10-23/h5-7,9-18,28H,3-4,8,19-22H2,1-2H3. The summed E-state index contributed by atoms with van der Waals surface area (Å²) in [7, 11) is 0. The maximum absolute atomic E-state index is 12.0. The molecule has 0 aliphatic rings. The predicted molar refractivity (Wildman–Crippen MR) is 133 cm³/mol. The van der Waals surface area contributed by atoms with Gasteiger partial charge < -0.3 is 18.9 Å². The molecule has 0 amide bonds. The lowest BCUT2D eigenvalue weighted by atomic mass is 10.1. The van der Waals surface area contributed by atoms with Gasteiger partial charge in [0.15, 0.2) is 6.10 Å². The van der Waals surface area contributed by atoms with Gasteiger partial charge in [0.05, 0.1) is 19.8 Å². The molecule has 0 fully saturated rings. The van der Waals surface area contributed by atoms with Crippen LogP contribution in [0.5, 0.6) is 11.5 Å². The number of esters is 1. The second-order valence-corrected chi connectivity index (χ2v) is 7.90. The molecule has 1 unspecified atom stereocenters. The predicted octanol–water partition coefficient (Wildman–Crippen LogP) is 5.64. The van der Waals surface area contributed by atoms with Crippen LogP contribution in [0, 0.1) is 0 Å². The van der Waals surface area contributed by atoms with E-state index >= 15 is 0 Å². The maximum atomic E-state index is 12.0. The van der Waals surface area contributed by atoms with Gasteiger partial charge in [0.2, 0.25) is 0 Å². The van der Waals surface area contributed by atoms with Crippen LogP contribution in [0.25, 0.3) is 0 Å². The van der Waals surface area contributed by atoms with E-state index in [4.69, 9.17) is 18.9 Å². The molecule has 3 rings (SSSR count). The van der Waals surface area contributed by atoms with Crippen LogP contribution in [0.4, 0.5) is 0 Å². The van der Waals surface area contributed by atoms with E-state index in [1.165, 1.54) is 11.1 Å². The Kier molecular flexibility index (Phi) is 10.5. The van der Waals surface area contributed by atoms with Gasteiger partial charge in [-0.2, -0.15) is 0 Å². The number of ether oxygens (including phenoxy) is 4. The van der Waals surface area contributed by atoms with E-state index in [9.17, 15) is 4.79 Å². The number of benzene rings is 3. The molecule has 3 aromatic rings. The fraction of sp³-hybridized carbons (Fsp3) is 0.345. The van der Waals surface area contributed by atoms with Crippen molar-refractivity contribution in [3.8, 4) is 11.5 Å². The molecule has 0 aromatic heterocycles. The molecule has 0 saturated heterocycles. The average Bonchev–Trinajstić information content (AvgIpc) is 2.86. The molecular formula is C29H34O5. The third-order valence-corrected chi connectivity index (χ3v) is 5.26. The Morgan fingerprint density at radius 1 is 0.706 bits per heavy atom. The molecule has 3 aromatic carbocycles. The van der Waals surface area contributed by atoms with E-state index in [2.05, 4.69) is 36.4 Å². The van der Waals surface area contributed by atoms with E-state index in [1.807, 2.05) is 49.4 Å². The van der Waals surface area contributed by atoms with Crippen LogP contribution in [0.1, 0.15) is 37.0 Å². The van der Waals surface area contributed by atoms with Crippen molar-refractivity contribution in [1.82, 2.24) is 0 Å². The first-order valence-corrected chi connectivity index (χ1v) is 11.9. The van der Waals surface area contributed by atoms with Gasteiger partial charge >= 0.3 is 5.97 Å². The zero-order valence-corrected chi connectivity index (χ0v) is 20.1. The Labute approximate surface area is 202 Å². The average molecular weight is 463 g/mol. The Balaban J connectivity index is 1.36. The monoisotopic (exact) mass is 462 g/mol. The summed E-state index contributed by atoms with van der Waals surface area (Å²) >= 11 is 0. The highest BCUT2D eigenvalue weighted by molar-refractivity contribution is 5.75. The number of hydrogen-bond acceptors (Lipinski definition) is 5. The van der Waals surface area contributed by atoms with Gasteiger partial charge in [0.1, 0.15) is 11.5 Å². The van der Waals surface area contributed by atoms with Crippen molar-refractivity contribution in [3.05, 3.63) is 95.6 Å². The molecule has 1 atom stereocenters. The van der Waals surface area contributed by atoms with Crippen molar-refractivity contribution < 1.29 is 23.7 Å². The van der Waals surface area contributed by atoms with Crippen LogP contribution in [0.15, 0.2) is 78.9 Å². The van der Waals surface area contributed by atoms with Crippen LogP contribution in [0.2, 0.25) is 0 Å². The second-order valence-electron chi connectivity index (χ2n) is 7.90. The highest BCUT2D eigenvalue weighted by Gasteiger charge is 2.20. The number of carbonyl (C=O) groups is 1. The van der Waals surface area contributed by atoms with E-state index in [1.54, 1.807) is 6.92 Å². The molecule has 0 aliphatic carbocycles. The van der Waals surface area contributed by atoms with E-state index in [0.717, 1.165) is 29.9 Å². The minimum atomic E-state index is -0.582.